The zero-order valence-electron chi connectivity index (χ0n) is 6.06. The molecule has 3 unspecified atom stereocenters. The quantitative estimate of drug-likeness (QED) is 0.264. The summed E-state index contributed by atoms with van der Waals surface area (Å²) in [5.74, 6) is 2.39. The van der Waals surface area contributed by atoms with E-state index in [1.807, 2.05) is 6.26 Å². The van der Waals surface area contributed by atoms with Gasteiger partial charge in [0.2, 0.25) is 0 Å². The Kier molecular flexibility index (Phi) is 2.37. The Morgan fingerprint density at radius 3 is 2.82 bits per heavy atom. The van der Waals surface area contributed by atoms with Gasteiger partial charge >= 0.3 is 0 Å². The molecule has 0 saturated carbocycles. The minimum absolute atomic E-state index is 0.0129. The van der Waals surface area contributed by atoms with Crippen molar-refractivity contribution in [1.29, 1.82) is 0 Å². The molecule has 1 aliphatic heterocycles. The Bertz CT molecular complexity index is 213. The number of nitrogens with zero attached hydrogens (tertiary/aromatic N) is 2. The zero-order chi connectivity index (χ0) is 8.43. The zero-order valence-corrected chi connectivity index (χ0v) is 6.87. The molecular weight excluding hydrogens is 164 g/mol. The molecular formula is C6H8N2O2S. The lowest BCUT2D eigenvalue weighted by Crippen LogP contribution is -2.10. The van der Waals surface area contributed by atoms with Crippen molar-refractivity contribution in [2.75, 3.05) is 12.8 Å². The van der Waals surface area contributed by atoms with Crippen LogP contribution in [0, 0.1) is 22.5 Å². The second-order valence-electron chi connectivity index (χ2n) is 2.20. The van der Waals surface area contributed by atoms with Crippen molar-refractivity contribution in [3.05, 3.63) is 10.1 Å². The highest BCUT2D eigenvalue weighted by Gasteiger charge is 2.57. The van der Waals surface area contributed by atoms with E-state index in [9.17, 15) is 10.1 Å². The van der Waals surface area contributed by atoms with Crippen molar-refractivity contribution in [3.8, 4) is 12.3 Å². The van der Waals surface area contributed by atoms with E-state index in [0.29, 0.717) is 6.54 Å². The standard InChI is InChI=1S/C6H8N2O2S/c1-3-4-7-5(8(9)10)6(7)11-2/h1,5-6H,4H2,2H3. The van der Waals surface area contributed by atoms with Crippen LogP contribution in [-0.4, -0.2) is 34.2 Å². The van der Waals surface area contributed by atoms with Crippen molar-refractivity contribution in [3.63, 3.8) is 0 Å². The highest BCUT2D eigenvalue weighted by molar-refractivity contribution is 7.99. The molecule has 1 heterocycles. The van der Waals surface area contributed by atoms with E-state index in [0.717, 1.165) is 0 Å². The summed E-state index contributed by atoms with van der Waals surface area (Å²) in [6.45, 7) is 0.372. The van der Waals surface area contributed by atoms with Gasteiger partial charge in [-0.15, -0.1) is 18.2 Å². The molecule has 0 aromatic heterocycles. The fourth-order valence-corrected chi connectivity index (χ4v) is 1.91. The van der Waals surface area contributed by atoms with Crippen molar-refractivity contribution < 1.29 is 4.92 Å². The second kappa shape index (κ2) is 3.11. The average Bonchev–Trinajstić information content (AvgIpc) is 2.63. The maximum Gasteiger partial charge on any atom is 0.295 e. The van der Waals surface area contributed by atoms with Gasteiger partial charge in [0.25, 0.3) is 6.17 Å². The van der Waals surface area contributed by atoms with Crippen LogP contribution < -0.4 is 0 Å². The highest BCUT2D eigenvalue weighted by Crippen LogP contribution is 2.35. The first-order valence-corrected chi connectivity index (χ1v) is 4.36. The van der Waals surface area contributed by atoms with Crippen LogP contribution in [0.15, 0.2) is 0 Å². The van der Waals surface area contributed by atoms with Crippen LogP contribution in [0.5, 0.6) is 0 Å². The van der Waals surface area contributed by atoms with Crippen LogP contribution in [0.2, 0.25) is 0 Å². The molecule has 0 N–H and O–H groups in total. The molecule has 0 radical (unpaired) electrons. The van der Waals surface area contributed by atoms with Gasteiger partial charge in [-0.3, -0.25) is 10.1 Å². The third-order valence-corrected chi connectivity index (χ3v) is 2.56. The Morgan fingerprint density at radius 2 is 2.55 bits per heavy atom. The first-order valence-electron chi connectivity index (χ1n) is 3.08. The Labute approximate surface area is 69.1 Å². The summed E-state index contributed by atoms with van der Waals surface area (Å²) >= 11 is 1.46. The summed E-state index contributed by atoms with van der Waals surface area (Å²) in [6.07, 6.45) is 6.32. The summed E-state index contributed by atoms with van der Waals surface area (Å²) in [5, 5.41) is 10.3. The number of hydrogen-bond donors (Lipinski definition) is 0. The van der Waals surface area contributed by atoms with Gasteiger partial charge in [0.1, 0.15) is 5.37 Å². The number of terminal acetylenes is 1. The van der Waals surface area contributed by atoms with Crippen LogP contribution in [0.4, 0.5) is 0 Å². The third-order valence-electron chi connectivity index (χ3n) is 1.56. The van der Waals surface area contributed by atoms with Gasteiger partial charge in [0.15, 0.2) is 0 Å². The van der Waals surface area contributed by atoms with E-state index in [-0.39, 0.29) is 10.3 Å². The molecule has 60 valence electrons. The Balaban J connectivity index is 2.47. The third kappa shape index (κ3) is 1.47. The summed E-state index contributed by atoms with van der Waals surface area (Å²) in [7, 11) is 0. The molecule has 0 bridgehead atoms. The molecule has 1 saturated heterocycles. The van der Waals surface area contributed by atoms with Gasteiger partial charge in [0, 0.05) is 4.92 Å². The molecule has 11 heavy (non-hydrogen) atoms. The molecule has 0 spiro atoms. The molecule has 1 rings (SSSR count). The number of hydrogen-bond acceptors (Lipinski definition) is 4. The van der Waals surface area contributed by atoms with Crippen molar-refractivity contribution >= 4 is 11.8 Å². The normalized spacial score (nSPS) is 34.4. The monoisotopic (exact) mass is 172 g/mol. The average molecular weight is 172 g/mol. The van der Waals surface area contributed by atoms with E-state index in [1.54, 1.807) is 4.90 Å². The van der Waals surface area contributed by atoms with Gasteiger partial charge in [-0.1, -0.05) is 5.92 Å². The molecule has 0 aromatic carbocycles. The van der Waals surface area contributed by atoms with Gasteiger partial charge in [-0.25, -0.2) is 4.90 Å². The van der Waals surface area contributed by atoms with Crippen molar-refractivity contribution in [2.24, 2.45) is 0 Å². The van der Waals surface area contributed by atoms with Gasteiger partial charge in [0.05, 0.1) is 6.54 Å². The van der Waals surface area contributed by atoms with E-state index in [2.05, 4.69) is 5.92 Å². The fourth-order valence-electron chi connectivity index (χ4n) is 1.01. The maximum absolute atomic E-state index is 10.3. The SMILES string of the molecule is C#CCN1C(SC)C1[N+](=O)[O-]. The van der Waals surface area contributed by atoms with E-state index in [1.165, 1.54) is 11.8 Å². The summed E-state index contributed by atoms with van der Waals surface area (Å²) in [5.41, 5.74) is 0. The molecule has 0 amide bonds. The molecule has 3 atom stereocenters. The van der Waals surface area contributed by atoms with Gasteiger partial charge in [-0.2, -0.15) is 0 Å². The molecule has 1 fully saturated rings. The van der Waals surface area contributed by atoms with E-state index < -0.39 is 6.17 Å². The number of thioether (sulfide) groups is 1. The van der Waals surface area contributed by atoms with E-state index in [4.69, 9.17) is 6.42 Å². The summed E-state index contributed by atoms with van der Waals surface area (Å²) in [4.78, 5) is 11.7. The number of rotatable bonds is 3. The van der Waals surface area contributed by atoms with Crippen LogP contribution in [0.25, 0.3) is 0 Å². The highest BCUT2D eigenvalue weighted by atomic mass is 32.2. The minimum atomic E-state index is -0.555. The van der Waals surface area contributed by atoms with Crippen molar-refractivity contribution in [2.45, 2.75) is 11.5 Å². The van der Waals surface area contributed by atoms with E-state index >= 15 is 0 Å². The fraction of sp³-hybridized carbons (Fsp3) is 0.667. The summed E-state index contributed by atoms with van der Waals surface area (Å²) < 4.78 is 0. The van der Waals surface area contributed by atoms with Gasteiger partial charge < -0.3 is 0 Å². The Morgan fingerprint density at radius 1 is 1.91 bits per heavy atom. The predicted molar refractivity (Wildman–Crippen MR) is 43.6 cm³/mol. The van der Waals surface area contributed by atoms with Gasteiger partial charge in [-0.05, 0) is 6.26 Å². The van der Waals surface area contributed by atoms with Crippen LogP contribution in [0.3, 0.4) is 0 Å². The predicted octanol–water partition coefficient (Wildman–Crippen LogP) is 0.227. The lowest BCUT2D eigenvalue weighted by atomic mass is 10.7. The molecule has 4 nitrogen and oxygen atoms in total. The van der Waals surface area contributed by atoms with Crippen LogP contribution >= 0.6 is 11.8 Å². The smallest absolute Gasteiger partial charge is 0.263 e. The largest absolute Gasteiger partial charge is 0.295 e. The first kappa shape index (κ1) is 8.37. The Hall–Kier alpha value is -0.730. The lowest BCUT2D eigenvalue weighted by Gasteiger charge is -1.88. The van der Waals surface area contributed by atoms with Crippen molar-refractivity contribution in [1.82, 2.24) is 4.90 Å². The minimum Gasteiger partial charge on any atom is -0.263 e. The second-order valence-corrected chi connectivity index (χ2v) is 3.16. The lowest BCUT2D eigenvalue weighted by molar-refractivity contribution is -0.505. The number of nitro groups is 1. The van der Waals surface area contributed by atoms with Crippen LogP contribution in [-0.2, 0) is 0 Å². The summed E-state index contributed by atoms with van der Waals surface area (Å²) in [6, 6.07) is 0. The molecule has 0 aromatic rings. The first-order chi connectivity index (χ1) is 5.22. The molecule has 0 aliphatic carbocycles. The molecule has 1 aliphatic rings. The van der Waals surface area contributed by atoms with Crippen LogP contribution in [0.1, 0.15) is 0 Å². The maximum atomic E-state index is 10.3. The molecule has 5 heteroatoms. The topological polar surface area (TPSA) is 46.1 Å².